The molecule has 0 aliphatic carbocycles. The number of carbonyl (C=O) groups excluding carboxylic acids is 1. The fourth-order valence-corrected chi connectivity index (χ4v) is 3.67. The van der Waals surface area contributed by atoms with E-state index in [2.05, 4.69) is 4.72 Å². The third-order valence-electron chi connectivity index (χ3n) is 4.22. The molecule has 0 radical (unpaired) electrons. The van der Waals surface area contributed by atoms with Crippen molar-refractivity contribution in [2.45, 2.75) is 31.1 Å². The van der Waals surface area contributed by atoms with Crippen molar-refractivity contribution >= 4 is 21.6 Å². The smallest absolute Gasteiger partial charge is 0.240 e. The Bertz CT molecular complexity index is 864. The molecule has 0 aromatic heterocycles. The standard InChI is InChI=1S/C20H26N2O4S/c1-4-14-21-27(24,25)19-11-8-16(9-12-19)10-13-20(23)22(2)17-6-5-7-18(15-17)26-3/h5-9,11-12,15,21H,4,10,13-14H2,1-3H3. The lowest BCUT2D eigenvalue weighted by Gasteiger charge is -2.18. The van der Waals surface area contributed by atoms with Crippen molar-refractivity contribution in [1.82, 2.24) is 4.72 Å². The summed E-state index contributed by atoms with van der Waals surface area (Å²) >= 11 is 0. The van der Waals surface area contributed by atoms with Crippen LogP contribution in [0.3, 0.4) is 0 Å². The van der Waals surface area contributed by atoms with Crippen LogP contribution in [0, 0.1) is 0 Å². The lowest BCUT2D eigenvalue weighted by Crippen LogP contribution is -2.26. The number of anilines is 1. The number of carbonyl (C=O) groups is 1. The Morgan fingerprint density at radius 1 is 1.15 bits per heavy atom. The molecule has 0 heterocycles. The summed E-state index contributed by atoms with van der Waals surface area (Å²) in [7, 11) is -0.149. The van der Waals surface area contributed by atoms with Crippen LogP contribution in [0.4, 0.5) is 5.69 Å². The zero-order valence-corrected chi connectivity index (χ0v) is 16.8. The van der Waals surface area contributed by atoms with Gasteiger partial charge in [0.25, 0.3) is 0 Å². The number of sulfonamides is 1. The molecule has 2 aromatic carbocycles. The van der Waals surface area contributed by atoms with Crippen molar-refractivity contribution in [3.63, 3.8) is 0 Å². The largest absolute Gasteiger partial charge is 0.497 e. The maximum absolute atomic E-state index is 12.4. The second kappa shape index (κ2) is 9.53. The average Bonchev–Trinajstić information content (AvgIpc) is 2.70. The molecular weight excluding hydrogens is 364 g/mol. The zero-order valence-electron chi connectivity index (χ0n) is 15.9. The molecule has 146 valence electrons. The van der Waals surface area contributed by atoms with Gasteiger partial charge in [0, 0.05) is 31.8 Å². The van der Waals surface area contributed by atoms with Gasteiger partial charge in [0.2, 0.25) is 15.9 Å². The fraction of sp³-hybridized carbons (Fsp3) is 0.350. The third kappa shape index (κ3) is 5.80. The van der Waals surface area contributed by atoms with Gasteiger partial charge in [0.05, 0.1) is 12.0 Å². The topological polar surface area (TPSA) is 75.7 Å². The zero-order chi connectivity index (χ0) is 19.9. The van der Waals surface area contributed by atoms with Gasteiger partial charge in [0.15, 0.2) is 0 Å². The minimum Gasteiger partial charge on any atom is -0.497 e. The number of nitrogens with zero attached hydrogens (tertiary/aromatic N) is 1. The molecule has 0 saturated carbocycles. The molecule has 1 amide bonds. The fourth-order valence-electron chi connectivity index (χ4n) is 2.54. The van der Waals surface area contributed by atoms with Crippen LogP contribution in [-0.4, -0.2) is 35.0 Å². The lowest BCUT2D eigenvalue weighted by atomic mass is 10.1. The van der Waals surface area contributed by atoms with E-state index in [0.717, 1.165) is 17.7 Å². The highest BCUT2D eigenvalue weighted by Crippen LogP contribution is 2.21. The SMILES string of the molecule is CCCNS(=O)(=O)c1ccc(CCC(=O)N(C)c2cccc(OC)c2)cc1. The molecule has 7 heteroatoms. The van der Waals surface area contributed by atoms with Crippen molar-refractivity contribution in [3.8, 4) is 5.75 Å². The summed E-state index contributed by atoms with van der Waals surface area (Å²) in [6, 6.07) is 14.0. The normalized spacial score (nSPS) is 11.2. The van der Waals surface area contributed by atoms with Crippen LogP contribution in [0.15, 0.2) is 53.4 Å². The molecule has 0 fully saturated rings. The maximum Gasteiger partial charge on any atom is 0.240 e. The Balaban J connectivity index is 1.96. The highest BCUT2D eigenvalue weighted by atomic mass is 32.2. The van der Waals surface area contributed by atoms with Gasteiger partial charge < -0.3 is 9.64 Å². The Morgan fingerprint density at radius 2 is 1.85 bits per heavy atom. The van der Waals surface area contributed by atoms with E-state index >= 15 is 0 Å². The van der Waals surface area contributed by atoms with Crippen LogP contribution in [0.2, 0.25) is 0 Å². The van der Waals surface area contributed by atoms with Crippen molar-refractivity contribution in [1.29, 1.82) is 0 Å². The number of amides is 1. The Hall–Kier alpha value is -2.38. The molecular formula is C20H26N2O4S. The number of nitrogens with one attached hydrogen (secondary N) is 1. The predicted molar refractivity (Wildman–Crippen MR) is 107 cm³/mol. The molecule has 0 unspecified atom stereocenters. The van der Waals surface area contributed by atoms with Crippen LogP contribution in [-0.2, 0) is 21.2 Å². The minimum atomic E-state index is -3.46. The molecule has 6 nitrogen and oxygen atoms in total. The number of ether oxygens (including phenoxy) is 1. The van der Waals surface area contributed by atoms with Gasteiger partial charge in [-0.1, -0.05) is 25.1 Å². The van der Waals surface area contributed by atoms with E-state index in [0.29, 0.717) is 25.1 Å². The number of benzene rings is 2. The van der Waals surface area contributed by atoms with Gasteiger partial charge in [-0.05, 0) is 42.7 Å². The van der Waals surface area contributed by atoms with Crippen molar-refractivity contribution in [3.05, 3.63) is 54.1 Å². The first-order chi connectivity index (χ1) is 12.9. The molecule has 0 saturated heterocycles. The summed E-state index contributed by atoms with van der Waals surface area (Å²) in [5.41, 5.74) is 1.68. The third-order valence-corrected chi connectivity index (χ3v) is 5.69. The average molecular weight is 391 g/mol. The molecule has 2 aromatic rings. The first-order valence-corrected chi connectivity index (χ1v) is 10.3. The van der Waals surface area contributed by atoms with Crippen LogP contribution in [0.1, 0.15) is 25.3 Å². The molecule has 0 aliphatic rings. The summed E-state index contributed by atoms with van der Waals surface area (Å²) < 4.78 is 31.9. The predicted octanol–water partition coefficient (Wildman–Crippen LogP) is 2.98. The van der Waals surface area contributed by atoms with E-state index in [-0.39, 0.29) is 10.8 Å². The van der Waals surface area contributed by atoms with E-state index in [1.807, 2.05) is 25.1 Å². The van der Waals surface area contributed by atoms with Gasteiger partial charge in [-0.3, -0.25) is 4.79 Å². The summed E-state index contributed by atoms with van der Waals surface area (Å²) in [5.74, 6) is 0.671. The Kier molecular flexibility index (Phi) is 7.38. The highest BCUT2D eigenvalue weighted by Gasteiger charge is 2.14. The van der Waals surface area contributed by atoms with Gasteiger partial charge in [-0.2, -0.15) is 0 Å². The van der Waals surface area contributed by atoms with E-state index < -0.39 is 10.0 Å². The summed E-state index contributed by atoms with van der Waals surface area (Å²) in [6.45, 7) is 2.32. The number of aryl methyl sites for hydroxylation is 1. The minimum absolute atomic E-state index is 0.0236. The Labute approximate surface area is 161 Å². The molecule has 0 spiro atoms. The summed E-state index contributed by atoms with van der Waals surface area (Å²) in [4.78, 5) is 14.3. The van der Waals surface area contributed by atoms with E-state index in [4.69, 9.17) is 4.74 Å². The van der Waals surface area contributed by atoms with Crippen LogP contribution in [0.25, 0.3) is 0 Å². The first-order valence-electron chi connectivity index (χ1n) is 8.86. The molecule has 27 heavy (non-hydrogen) atoms. The summed E-state index contributed by atoms with van der Waals surface area (Å²) in [5, 5.41) is 0. The number of hydrogen-bond acceptors (Lipinski definition) is 4. The molecule has 2 rings (SSSR count). The quantitative estimate of drug-likeness (QED) is 0.714. The maximum atomic E-state index is 12.4. The molecule has 1 N–H and O–H groups in total. The number of rotatable bonds is 9. The molecule has 0 atom stereocenters. The number of hydrogen-bond donors (Lipinski definition) is 1. The van der Waals surface area contributed by atoms with Crippen molar-refractivity contribution in [2.24, 2.45) is 0 Å². The van der Waals surface area contributed by atoms with Crippen molar-refractivity contribution < 1.29 is 17.9 Å². The lowest BCUT2D eigenvalue weighted by molar-refractivity contribution is -0.118. The second-order valence-corrected chi connectivity index (χ2v) is 7.96. The van der Waals surface area contributed by atoms with Gasteiger partial charge in [-0.25, -0.2) is 13.1 Å². The van der Waals surface area contributed by atoms with Gasteiger partial charge >= 0.3 is 0 Å². The highest BCUT2D eigenvalue weighted by molar-refractivity contribution is 7.89. The molecule has 0 bridgehead atoms. The summed E-state index contributed by atoms with van der Waals surface area (Å²) in [6.07, 6.45) is 1.60. The number of methoxy groups -OCH3 is 1. The second-order valence-electron chi connectivity index (χ2n) is 6.20. The van der Waals surface area contributed by atoms with Crippen molar-refractivity contribution in [2.75, 3.05) is 25.6 Å². The van der Waals surface area contributed by atoms with E-state index in [1.54, 1.807) is 49.4 Å². The van der Waals surface area contributed by atoms with Crippen LogP contribution < -0.4 is 14.4 Å². The Morgan fingerprint density at radius 3 is 2.48 bits per heavy atom. The monoisotopic (exact) mass is 390 g/mol. The van der Waals surface area contributed by atoms with Crippen LogP contribution >= 0.6 is 0 Å². The molecule has 0 aliphatic heterocycles. The van der Waals surface area contributed by atoms with Gasteiger partial charge in [0.1, 0.15) is 5.75 Å². The van der Waals surface area contributed by atoms with Crippen LogP contribution in [0.5, 0.6) is 5.75 Å². The van der Waals surface area contributed by atoms with E-state index in [9.17, 15) is 13.2 Å². The van der Waals surface area contributed by atoms with Gasteiger partial charge in [-0.15, -0.1) is 0 Å². The van der Waals surface area contributed by atoms with E-state index in [1.165, 1.54) is 0 Å². The first kappa shape index (κ1) is 20.9.